The van der Waals surface area contributed by atoms with E-state index in [2.05, 4.69) is 12.1 Å². The van der Waals surface area contributed by atoms with E-state index in [4.69, 9.17) is 18.9 Å². The Hall–Kier alpha value is -2.80. The molecule has 5 atom stereocenters. The van der Waals surface area contributed by atoms with E-state index >= 15 is 0 Å². The molecule has 0 amide bonds. The second-order valence-corrected chi connectivity index (χ2v) is 11.9. The van der Waals surface area contributed by atoms with Gasteiger partial charge in [-0.05, 0) is 0 Å². The van der Waals surface area contributed by atoms with Crippen LogP contribution in [0.15, 0.2) is 121 Å². The Balaban J connectivity index is 1.37. The van der Waals surface area contributed by atoms with Crippen LogP contribution >= 0.6 is 0 Å². The minimum atomic E-state index is -0.847. The fourth-order valence-electron chi connectivity index (χ4n) is 4.55. The van der Waals surface area contributed by atoms with Gasteiger partial charge in [0.25, 0.3) is 0 Å². The number of rotatable bonds is 12. The molecule has 4 aromatic rings. The molecule has 0 saturated carbocycles. The zero-order chi connectivity index (χ0) is 26.7. The summed E-state index contributed by atoms with van der Waals surface area (Å²) in [5, 5.41) is 11.2. The molecule has 1 aliphatic rings. The van der Waals surface area contributed by atoms with Crippen molar-refractivity contribution < 1.29 is 24.1 Å². The molecule has 1 fully saturated rings. The predicted octanol–water partition coefficient (Wildman–Crippen LogP) is 4.49. The summed E-state index contributed by atoms with van der Waals surface area (Å²) in [6.45, 7) is 1.55. The van der Waals surface area contributed by atoms with Crippen molar-refractivity contribution in [3.63, 3.8) is 0 Å². The average Bonchev–Trinajstić information content (AvgIpc) is 2.99. The first-order valence-corrected chi connectivity index (χ1v) is 15.1. The predicted molar refractivity (Wildman–Crippen MR) is 153 cm³/mol. The Bertz CT molecular complexity index is 1230. The summed E-state index contributed by atoms with van der Waals surface area (Å²) < 4.78 is 26.8. The monoisotopic (exact) mass is 590 g/mol. The average molecular weight is 590 g/mol. The summed E-state index contributed by atoms with van der Waals surface area (Å²) in [6, 6.07) is 40.3. The minimum absolute atomic E-state index is 0.128. The van der Waals surface area contributed by atoms with Crippen molar-refractivity contribution in [1.82, 2.24) is 0 Å². The van der Waals surface area contributed by atoms with Crippen LogP contribution in [0.4, 0.5) is 0 Å². The molecule has 0 bridgehead atoms. The number of benzene rings is 4. The third-order valence-electron chi connectivity index (χ3n) is 6.57. The summed E-state index contributed by atoms with van der Waals surface area (Å²) in [5.41, 5.74) is 3.19. The van der Waals surface area contributed by atoms with E-state index in [9.17, 15) is 5.11 Å². The zero-order valence-corrected chi connectivity index (χ0v) is 23.5. The Morgan fingerprint density at radius 2 is 1.05 bits per heavy atom. The second kappa shape index (κ2) is 14.5. The normalized spacial score (nSPS) is 22.9. The quantitative estimate of drug-likeness (QED) is 0.247. The third-order valence-corrected chi connectivity index (χ3v) is 9.02. The van der Waals surface area contributed by atoms with Gasteiger partial charge in [-0.15, -0.1) is 0 Å². The van der Waals surface area contributed by atoms with Crippen molar-refractivity contribution >= 4 is 19.4 Å². The van der Waals surface area contributed by atoms with E-state index < -0.39 is 29.4 Å². The summed E-state index contributed by atoms with van der Waals surface area (Å²) in [5.74, 6) is 0. The second-order valence-electron chi connectivity index (χ2n) is 9.49. The van der Waals surface area contributed by atoms with Crippen molar-refractivity contribution in [3.8, 4) is 0 Å². The van der Waals surface area contributed by atoms with Crippen molar-refractivity contribution in [2.75, 3.05) is 6.61 Å². The van der Waals surface area contributed by atoms with Crippen molar-refractivity contribution in [1.29, 1.82) is 0 Å². The topological polar surface area (TPSA) is 57.2 Å². The van der Waals surface area contributed by atoms with Gasteiger partial charge in [0.15, 0.2) is 0 Å². The number of aliphatic hydroxyl groups is 1. The molecule has 5 rings (SSSR count). The van der Waals surface area contributed by atoms with Gasteiger partial charge >= 0.3 is 237 Å². The Kier molecular flexibility index (Phi) is 10.4. The van der Waals surface area contributed by atoms with Crippen LogP contribution in [0, 0.1) is 0 Å². The molecule has 39 heavy (non-hydrogen) atoms. The Labute approximate surface area is 236 Å². The molecule has 1 heterocycles. The molecular weight excluding hydrogens is 555 g/mol. The Morgan fingerprint density at radius 3 is 1.59 bits per heavy atom. The molecule has 0 spiro atoms. The summed E-state index contributed by atoms with van der Waals surface area (Å²) in [6.07, 6.45) is -2.34. The maximum absolute atomic E-state index is 11.6. The fraction of sp³-hybridized carbons (Fsp3) is 0.273. The van der Waals surface area contributed by atoms with Crippen LogP contribution in [0.2, 0.25) is 0 Å². The van der Waals surface area contributed by atoms with E-state index in [0.29, 0.717) is 26.4 Å². The van der Waals surface area contributed by atoms with Gasteiger partial charge in [0, 0.05) is 0 Å². The molecule has 0 unspecified atom stereocenters. The molecule has 1 saturated heterocycles. The Morgan fingerprint density at radius 1 is 0.590 bits per heavy atom. The maximum atomic E-state index is 11.6. The van der Waals surface area contributed by atoms with Gasteiger partial charge in [-0.2, -0.15) is 0 Å². The van der Waals surface area contributed by atoms with Gasteiger partial charge in [-0.3, -0.25) is 0 Å². The van der Waals surface area contributed by atoms with E-state index in [0.717, 1.165) is 21.2 Å². The van der Waals surface area contributed by atoms with Crippen molar-refractivity contribution in [2.24, 2.45) is 0 Å². The third kappa shape index (κ3) is 8.10. The molecule has 1 aliphatic heterocycles. The van der Waals surface area contributed by atoms with Crippen LogP contribution in [0.5, 0.6) is 0 Å². The van der Waals surface area contributed by atoms with Gasteiger partial charge in [0.2, 0.25) is 0 Å². The summed E-state index contributed by atoms with van der Waals surface area (Å²) in [7, 11) is 0. The fourth-order valence-corrected chi connectivity index (χ4v) is 6.81. The number of hydrogen-bond donors (Lipinski definition) is 1. The summed E-state index contributed by atoms with van der Waals surface area (Å²) in [4.78, 5) is 0. The van der Waals surface area contributed by atoms with Crippen LogP contribution in [0.3, 0.4) is 0 Å². The molecule has 0 aromatic heterocycles. The molecule has 0 radical (unpaired) electrons. The molecule has 6 heteroatoms. The van der Waals surface area contributed by atoms with E-state index in [1.165, 1.54) is 0 Å². The zero-order valence-electron chi connectivity index (χ0n) is 21.8. The van der Waals surface area contributed by atoms with Crippen molar-refractivity contribution in [2.45, 2.75) is 49.2 Å². The van der Waals surface area contributed by atoms with Gasteiger partial charge in [0.05, 0.1) is 0 Å². The molecule has 0 aliphatic carbocycles. The molecular formula is C33H34O5Se. The van der Waals surface area contributed by atoms with Gasteiger partial charge < -0.3 is 0 Å². The van der Waals surface area contributed by atoms with E-state index in [1.54, 1.807) is 0 Å². The van der Waals surface area contributed by atoms with Crippen LogP contribution in [-0.4, -0.2) is 56.1 Å². The number of ether oxygens (including phenoxy) is 4. The standard InChI is InChI=1S/C33H34O5Se/c34-30-32(37-23-27-17-9-3-10-18-27)31(36-22-26-15-7-2-8-16-26)29(24-35-21-25-13-5-1-6-14-25)38-33(30)39-28-19-11-4-12-20-28/h1-20,29-34H,21-24H2/t29-,30-,31+,32-,33-/m1/s1. The van der Waals surface area contributed by atoms with Gasteiger partial charge in [-0.25, -0.2) is 0 Å². The van der Waals surface area contributed by atoms with Crippen LogP contribution in [0.1, 0.15) is 16.7 Å². The van der Waals surface area contributed by atoms with Gasteiger partial charge in [0.1, 0.15) is 0 Å². The van der Waals surface area contributed by atoms with E-state index in [-0.39, 0.29) is 15.0 Å². The van der Waals surface area contributed by atoms with Crippen molar-refractivity contribution in [3.05, 3.63) is 138 Å². The number of hydrogen-bond acceptors (Lipinski definition) is 5. The molecule has 4 aromatic carbocycles. The molecule has 202 valence electrons. The summed E-state index contributed by atoms with van der Waals surface area (Å²) >= 11 is -0.128. The molecule has 1 N–H and O–H groups in total. The van der Waals surface area contributed by atoms with Crippen LogP contribution in [-0.2, 0) is 38.8 Å². The van der Waals surface area contributed by atoms with Crippen LogP contribution in [0.25, 0.3) is 0 Å². The first kappa shape index (κ1) is 27.8. The first-order valence-electron chi connectivity index (χ1n) is 13.2. The van der Waals surface area contributed by atoms with E-state index in [1.807, 2.05) is 109 Å². The van der Waals surface area contributed by atoms with Gasteiger partial charge in [-0.1, -0.05) is 0 Å². The molecule has 5 nitrogen and oxygen atoms in total. The number of aliphatic hydroxyl groups excluding tert-OH is 1. The SMILES string of the molecule is O[C@@H]1[C@@H](OCc2ccccc2)[C@@H](OCc2ccccc2)[C@@H](COCc2ccccc2)O[C@@H]1[Se]c1ccccc1. The van der Waals surface area contributed by atoms with Crippen LogP contribution < -0.4 is 4.46 Å². The first-order chi connectivity index (χ1) is 19.3.